The molecule has 0 spiro atoms. The van der Waals surface area contributed by atoms with Crippen LogP contribution in [0, 0.1) is 0 Å². The molecule has 0 fully saturated rings. The van der Waals surface area contributed by atoms with E-state index in [-0.39, 0.29) is 28.2 Å². The molecule has 0 amide bonds. The normalized spacial score (nSPS) is 12.8. The van der Waals surface area contributed by atoms with Crippen molar-refractivity contribution in [2.45, 2.75) is 12.3 Å². The van der Waals surface area contributed by atoms with E-state index in [1.54, 1.807) is 6.07 Å². The topological polar surface area (TPSA) is 78.9 Å². The summed E-state index contributed by atoms with van der Waals surface area (Å²) in [7, 11) is 0. The number of nitrogens with zero attached hydrogens (tertiary/aromatic N) is 4. The van der Waals surface area contributed by atoms with Crippen molar-refractivity contribution < 1.29 is 17.9 Å². The van der Waals surface area contributed by atoms with Gasteiger partial charge in [-0.05, 0) is 6.07 Å². The van der Waals surface area contributed by atoms with E-state index in [0.29, 0.717) is 0 Å². The highest BCUT2D eigenvalue weighted by molar-refractivity contribution is 6.29. The Morgan fingerprint density at radius 1 is 1.20 bits per heavy atom. The van der Waals surface area contributed by atoms with Gasteiger partial charge in [-0.25, -0.2) is 9.97 Å². The molecular formula is C15H11ClF3N5O. The van der Waals surface area contributed by atoms with E-state index < -0.39 is 12.3 Å². The lowest BCUT2D eigenvalue weighted by Crippen LogP contribution is -2.27. The standard InChI is InChI=1S/C15H11ClF3N5O/c16-11-7-12(23-14(20)22-11)25-13(15(17,18)19)9-3-1-2-4-10(9)24-6-5-21-8-24/h1-8,13H,(H2,20,22,23). The van der Waals surface area contributed by atoms with Crippen molar-refractivity contribution in [3.63, 3.8) is 0 Å². The highest BCUT2D eigenvalue weighted by Gasteiger charge is 2.44. The maximum absolute atomic E-state index is 13.7. The van der Waals surface area contributed by atoms with Gasteiger partial charge in [0.25, 0.3) is 0 Å². The molecule has 10 heteroatoms. The first-order valence-corrected chi connectivity index (χ1v) is 7.33. The van der Waals surface area contributed by atoms with Gasteiger partial charge < -0.3 is 15.0 Å². The minimum Gasteiger partial charge on any atom is -0.459 e. The number of aromatic nitrogens is 4. The highest BCUT2D eigenvalue weighted by atomic mass is 35.5. The van der Waals surface area contributed by atoms with Gasteiger partial charge in [-0.15, -0.1) is 0 Å². The van der Waals surface area contributed by atoms with Gasteiger partial charge >= 0.3 is 6.18 Å². The molecule has 0 aliphatic rings. The number of nitrogen functional groups attached to an aromatic ring is 1. The van der Waals surface area contributed by atoms with Crippen molar-refractivity contribution in [2.24, 2.45) is 0 Å². The first kappa shape index (κ1) is 17.0. The Morgan fingerprint density at radius 2 is 1.96 bits per heavy atom. The molecule has 0 aliphatic heterocycles. The molecular weight excluding hydrogens is 359 g/mol. The molecule has 3 rings (SSSR count). The summed E-state index contributed by atoms with van der Waals surface area (Å²) >= 11 is 5.70. The Hall–Kier alpha value is -2.81. The third-order valence-corrected chi connectivity index (χ3v) is 3.42. The van der Waals surface area contributed by atoms with Gasteiger partial charge in [-0.2, -0.15) is 18.2 Å². The largest absolute Gasteiger partial charge is 0.459 e. The summed E-state index contributed by atoms with van der Waals surface area (Å²) < 4.78 is 47.5. The fourth-order valence-corrected chi connectivity index (χ4v) is 2.43. The van der Waals surface area contributed by atoms with Crippen LogP contribution in [0.3, 0.4) is 0 Å². The second-order valence-electron chi connectivity index (χ2n) is 4.96. The van der Waals surface area contributed by atoms with Crippen molar-refractivity contribution in [1.82, 2.24) is 19.5 Å². The average molecular weight is 370 g/mol. The van der Waals surface area contributed by atoms with Crippen molar-refractivity contribution >= 4 is 17.5 Å². The zero-order valence-corrected chi connectivity index (χ0v) is 13.2. The highest BCUT2D eigenvalue weighted by Crippen LogP contribution is 2.39. The molecule has 130 valence electrons. The van der Waals surface area contributed by atoms with E-state index in [4.69, 9.17) is 22.1 Å². The number of alkyl halides is 3. The van der Waals surface area contributed by atoms with E-state index in [9.17, 15) is 13.2 Å². The molecule has 0 saturated heterocycles. The third kappa shape index (κ3) is 3.82. The molecule has 1 atom stereocenters. The van der Waals surface area contributed by atoms with Crippen LogP contribution in [0.15, 0.2) is 49.1 Å². The van der Waals surface area contributed by atoms with Gasteiger partial charge in [0.2, 0.25) is 17.9 Å². The van der Waals surface area contributed by atoms with Gasteiger partial charge in [-0.3, -0.25) is 0 Å². The summed E-state index contributed by atoms with van der Waals surface area (Å²) in [6.45, 7) is 0. The van der Waals surface area contributed by atoms with Gasteiger partial charge in [0.05, 0.1) is 12.0 Å². The van der Waals surface area contributed by atoms with Crippen molar-refractivity contribution in [1.29, 1.82) is 0 Å². The van der Waals surface area contributed by atoms with Gasteiger partial charge in [-0.1, -0.05) is 29.8 Å². The van der Waals surface area contributed by atoms with Crippen LogP contribution in [0.1, 0.15) is 11.7 Å². The van der Waals surface area contributed by atoms with Gasteiger partial charge in [0, 0.05) is 24.0 Å². The monoisotopic (exact) mass is 369 g/mol. The van der Waals surface area contributed by atoms with Gasteiger partial charge in [0.15, 0.2) is 0 Å². The number of para-hydroxylation sites is 1. The Bertz CT molecular complexity index is 850. The Balaban J connectivity index is 2.06. The molecule has 25 heavy (non-hydrogen) atoms. The van der Waals surface area contributed by atoms with Crippen LogP contribution in [0.25, 0.3) is 5.69 Å². The smallest absolute Gasteiger partial charge is 0.429 e. The number of benzene rings is 1. The van der Waals surface area contributed by atoms with Crippen molar-refractivity contribution in [3.05, 3.63) is 59.8 Å². The predicted molar refractivity (Wildman–Crippen MR) is 84.4 cm³/mol. The molecule has 3 aromatic rings. The maximum atomic E-state index is 13.7. The first-order valence-electron chi connectivity index (χ1n) is 6.95. The number of rotatable bonds is 4. The molecule has 2 aromatic heterocycles. The van der Waals surface area contributed by atoms with Crippen LogP contribution < -0.4 is 10.5 Å². The van der Waals surface area contributed by atoms with Gasteiger partial charge in [0.1, 0.15) is 5.15 Å². The van der Waals surface area contributed by atoms with Crippen LogP contribution in [0.5, 0.6) is 5.88 Å². The minimum absolute atomic E-state index is 0.110. The maximum Gasteiger partial charge on any atom is 0.429 e. The lowest BCUT2D eigenvalue weighted by atomic mass is 10.1. The van der Waals surface area contributed by atoms with Crippen LogP contribution in [0.4, 0.5) is 19.1 Å². The summed E-state index contributed by atoms with van der Waals surface area (Å²) in [6, 6.07) is 7.02. The van der Waals surface area contributed by atoms with Crippen LogP contribution in [-0.2, 0) is 0 Å². The summed E-state index contributed by atoms with van der Waals surface area (Å²) in [6.07, 6.45) is -2.59. The fraction of sp³-hybridized carbons (Fsp3) is 0.133. The molecule has 0 saturated carbocycles. The second-order valence-corrected chi connectivity index (χ2v) is 5.34. The Labute approximate surface area is 145 Å². The summed E-state index contributed by atoms with van der Waals surface area (Å²) in [5.74, 6) is -0.661. The van der Waals surface area contributed by atoms with Crippen molar-refractivity contribution in [2.75, 3.05) is 5.73 Å². The molecule has 0 radical (unpaired) electrons. The van der Waals surface area contributed by atoms with Crippen LogP contribution in [-0.4, -0.2) is 25.7 Å². The molecule has 2 heterocycles. The number of hydrogen-bond acceptors (Lipinski definition) is 5. The fourth-order valence-electron chi connectivity index (χ4n) is 2.25. The molecule has 0 aliphatic carbocycles. The Kier molecular flexibility index (Phi) is 4.49. The van der Waals surface area contributed by atoms with E-state index >= 15 is 0 Å². The molecule has 1 unspecified atom stereocenters. The van der Waals surface area contributed by atoms with Crippen LogP contribution >= 0.6 is 11.6 Å². The predicted octanol–water partition coefficient (Wildman–Crippen LogP) is 3.58. The lowest BCUT2D eigenvalue weighted by Gasteiger charge is -2.24. The van der Waals surface area contributed by atoms with E-state index in [1.807, 2.05) is 0 Å². The zero-order chi connectivity index (χ0) is 18.0. The second kappa shape index (κ2) is 6.60. The third-order valence-electron chi connectivity index (χ3n) is 3.23. The number of nitrogens with two attached hydrogens (primary N) is 1. The average Bonchev–Trinajstić information content (AvgIpc) is 3.05. The summed E-state index contributed by atoms with van der Waals surface area (Å²) in [5.41, 5.74) is 5.57. The number of imidazole rings is 1. The number of halogens is 4. The van der Waals surface area contributed by atoms with E-state index in [1.165, 1.54) is 41.5 Å². The molecule has 1 aromatic carbocycles. The summed E-state index contributed by atoms with van der Waals surface area (Å²) in [4.78, 5) is 11.1. The Morgan fingerprint density at radius 3 is 2.60 bits per heavy atom. The molecule has 2 N–H and O–H groups in total. The van der Waals surface area contributed by atoms with Crippen molar-refractivity contribution in [3.8, 4) is 11.6 Å². The SMILES string of the molecule is Nc1nc(Cl)cc(OC(c2ccccc2-n2ccnc2)C(F)(F)F)n1. The summed E-state index contributed by atoms with van der Waals surface area (Å²) in [5, 5.41) is -0.119. The number of ether oxygens (including phenoxy) is 1. The zero-order valence-electron chi connectivity index (χ0n) is 12.5. The molecule has 0 bridgehead atoms. The lowest BCUT2D eigenvalue weighted by molar-refractivity contribution is -0.198. The van der Waals surface area contributed by atoms with E-state index in [0.717, 1.165) is 6.07 Å². The number of hydrogen-bond donors (Lipinski definition) is 1. The number of anilines is 1. The van der Waals surface area contributed by atoms with E-state index in [2.05, 4.69) is 15.0 Å². The van der Waals surface area contributed by atoms with Crippen LogP contribution in [0.2, 0.25) is 5.15 Å². The minimum atomic E-state index is -4.71. The first-order chi connectivity index (χ1) is 11.8. The molecule has 6 nitrogen and oxygen atoms in total. The quantitative estimate of drug-likeness (QED) is 0.711.